The number of hydrogen-bond acceptors (Lipinski definition) is 3. The molecule has 3 heteroatoms. The highest BCUT2D eigenvalue weighted by Crippen LogP contribution is 2.24. The Hall–Kier alpha value is -2.34. The van der Waals surface area contributed by atoms with Crippen LogP contribution >= 0.6 is 0 Å². The second-order valence-electron chi connectivity index (χ2n) is 3.01. The van der Waals surface area contributed by atoms with E-state index < -0.39 is 0 Å². The van der Waals surface area contributed by atoms with Crippen LogP contribution in [0.3, 0.4) is 0 Å². The predicted octanol–water partition coefficient (Wildman–Crippen LogP) is 2.63. The van der Waals surface area contributed by atoms with Crippen LogP contribution in [0.4, 0.5) is 0 Å². The van der Waals surface area contributed by atoms with E-state index >= 15 is 0 Å². The van der Waals surface area contributed by atoms with Crippen molar-refractivity contribution in [1.82, 2.24) is 0 Å². The Morgan fingerprint density at radius 2 is 2.20 bits per heavy atom. The molecule has 0 atom stereocenters. The summed E-state index contributed by atoms with van der Waals surface area (Å²) in [6.45, 7) is 0. The summed E-state index contributed by atoms with van der Waals surface area (Å²) in [6, 6.07) is 10.8. The van der Waals surface area contributed by atoms with E-state index in [0.717, 1.165) is 5.56 Å². The van der Waals surface area contributed by atoms with Crippen molar-refractivity contribution in [3.8, 4) is 17.2 Å². The van der Waals surface area contributed by atoms with Crippen molar-refractivity contribution in [3.05, 3.63) is 47.9 Å². The Labute approximate surface area is 86.6 Å². The fourth-order valence-corrected chi connectivity index (χ4v) is 1.41. The van der Waals surface area contributed by atoms with Gasteiger partial charge in [-0.25, -0.2) is 0 Å². The van der Waals surface area contributed by atoms with Crippen LogP contribution in [0.5, 0.6) is 0 Å². The minimum Gasteiger partial charge on any atom is -0.461 e. The maximum absolute atomic E-state index is 10.7. The molecule has 0 radical (unpaired) electrons. The van der Waals surface area contributed by atoms with Gasteiger partial charge in [0.25, 0.3) is 0 Å². The number of rotatable bonds is 2. The molecule has 72 valence electrons. The second-order valence-corrected chi connectivity index (χ2v) is 3.01. The van der Waals surface area contributed by atoms with Crippen molar-refractivity contribution in [1.29, 1.82) is 5.26 Å². The zero-order chi connectivity index (χ0) is 10.7. The molecule has 0 N–H and O–H groups in total. The zero-order valence-electron chi connectivity index (χ0n) is 7.81. The molecule has 0 aliphatic heterocycles. The number of aldehydes is 1. The maximum atomic E-state index is 10.7. The molecule has 1 aromatic heterocycles. The average Bonchev–Trinajstić information content (AvgIpc) is 2.77. The lowest BCUT2D eigenvalue weighted by molar-refractivity contribution is 0.110. The lowest BCUT2D eigenvalue weighted by atomic mass is 10.0. The van der Waals surface area contributed by atoms with Crippen LogP contribution in [0.2, 0.25) is 0 Å². The molecular formula is C12H7NO2. The monoisotopic (exact) mass is 197 g/mol. The van der Waals surface area contributed by atoms with Crippen LogP contribution in [0.1, 0.15) is 16.1 Å². The van der Waals surface area contributed by atoms with Crippen LogP contribution in [0.15, 0.2) is 41.0 Å². The molecule has 2 aromatic rings. The van der Waals surface area contributed by atoms with Crippen LogP contribution in [0.25, 0.3) is 11.1 Å². The fourth-order valence-electron chi connectivity index (χ4n) is 1.41. The van der Waals surface area contributed by atoms with Crippen molar-refractivity contribution in [3.63, 3.8) is 0 Å². The number of nitrogens with zero attached hydrogens (tertiary/aromatic N) is 1. The van der Waals surface area contributed by atoms with Crippen molar-refractivity contribution >= 4 is 6.29 Å². The number of nitriles is 1. The maximum Gasteiger partial charge on any atom is 0.185 e. The molecule has 0 amide bonds. The first-order valence-corrected chi connectivity index (χ1v) is 4.38. The summed E-state index contributed by atoms with van der Waals surface area (Å²) in [5.74, 6) is 0.282. The normalized spacial score (nSPS) is 9.53. The molecule has 2 rings (SSSR count). The van der Waals surface area contributed by atoms with Crippen molar-refractivity contribution < 1.29 is 9.21 Å². The summed E-state index contributed by atoms with van der Waals surface area (Å²) >= 11 is 0. The van der Waals surface area contributed by atoms with E-state index in [1.807, 2.05) is 12.1 Å². The van der Waals surface area contributed by atoms with E-state index in [2.05, 4.69) is 0 Å². The Bertz CT molecular complexity index is 535. The van der Waals surface area contributed by atoms with E-state index in [-0.39, 0.29) is 5.76 Å². The van der Waals surface area contributed by atoms with Crippen LogP contribution in [0, 0.1) is 11.3 Å². The van der Waals surface area contributed by atoms with Crippen molar-refractivity contribution in [2.45, 2.75) is 0 Å². The van der Waals surface area contributed by atoms with Gasteiger partial charge in [0.15, 0.2) is 12.0 Å². The Morgan fingerprint density at radius 3 is 2.93 bits per heavy atom. The van der Waals surface area contributed by atoms with Gasteiger partial charge in [-0.3, -0.25) is 4.79 Å². The lowest BCUT2D eigenvalue weighted by Gasteiger charge is -1.98. The molecule has 1 heterocycles. The Balaban J connectivity index is 2.54. The highest BCUT2D eigenvalue weighted by Gasteiger charge is 2.07. The fraction of sp³-hybridized carbons (Fsp3) is 0. The van der Waals surface area contributed by atoms with Gasteiger partial charge in [-0.1, -0.05) is 12.1 Å². The Kier molecular flexibility index (Phi) is 2.34. The third-order valence-electron chi connectivity index (χ3n) is 2.10. The standard InChI is InChI=1S/C12H7NO2/c13-7-9-2-1-3-10(6-9)11-4-5-15-12(11)8-14/h1-6,8H. The van der Waals surface area contributed by atoms with E-state index in [9.17, 15) is 4.79 Å². The molecule has 1 aromatic carbocycles. The molecular weight excluding hydrogens is 190 g/mol. The van der Waals surface area contributed by atoms with Crippen molar-refractivity contribution in [2.75, 3.05) is 0 Å². The van der Waals surface area contributed by atoms with E-state index in [1.54, 1.807) is 24.3 Å². The van der Waals surface area contributed by atoms with Gasteiger partial charge in [0.05, 0.1) is 17.9 Å². The van der Waals surface area contributed by atoms with Crippen LogP contribution < -0.4 is 0 Å². The first-order chi connectivity index (χ1) is 7.35. The number of carbonyl (C=O) groups excluding carboxylic acids is 1. The molecule has 15 heavy (non-hydrogen) atoms. The highest BCUT2D eigenvalue weighted by molar-refractivity contribution is 5.84. The molecule has 0 aliphatic rings. The molecule has 0 unspecified atom stereocenters. The van der Waals surface area contributed by atoms with Crippen LogP contribution in [-0.4, -0.2) is 6.29 Å². The second kappa shape index (κ2) is 3.81. The van der Waals surface area contributed by atoms with Gasteiger partial charge in [-0.15, -0.1) is 0 Å². The molecule has 3 nitrogen and oxygen atoms in total. The summed E-state index contributed by atoms with van der Waals surface area (Å²) in [5.41, 5.74) is 2.08. The van der Waals surface area contributed by atoms with Gasteiger partial charge < -0.3 is 4.42 Å². The van der Waals surface area contributed by atoms with Crippen LogP contribution in [-0.2, 0) is 0 Å². The number of hydrogen-bond donors (Lipinski definition) is 0. The topological polar surface area (TPSA) is 54.0 Å². The van der Waals surface area contributed by atoms with E-state index in [0.29, 0.717) is 17.4 Å². The first kappa shape index (κ1) is 9.22. The van der Waals surface area contributed by atoms with Gasteiger partial charge in [-0.2, -0.15) is 5.26 Å². The highest BCUT2D eigenvalue weighted by atomic mass is 16.3. The minimum absolute atomic E-state index is 0.282. The number of furan rings is 1. The summed E-state index contributed by atoms with van der Waals surface area (Å²) in [5, 5.41) is 8.74. The number of carbonyl (C=O) groups is 1. The summed E-state index contributed by atoms with van der Waals surface area (Å²) < 4.78 is 4.99. The van der Waals surface area contributed by atoms with Gasteiger partial charge >= 0.3 is 0 Å². The first-order valence-electron chi connectivity index (χ1n) is 4.38. The Morgan fingerprint density at radius 1 is 1.33 bits per heavy atom. The third kappa shape index (κ3) is 1.65. The van der Waals surface area contributed by atoms with Gasteiger partial charge in [0, 0.05) is 5.56 Å². The van der Waals surface area contributed by atoms with Gasteiger partial charge in [-0.05, 0) is 23.8 Å². The average molecular weight is 197 g/mol. The zero-order valence-corrected chi connectivity index (χ0v) is 7.81. The molecule has 0 saturated heterocycles. The largest absolute Gasteiger partial charge is 0.461 e. The third-order valence-corrected chi connectivity index (χ3v) is 2.10. The molecule has 0 fully saturated rings. The minimum atomic E-state index is 0.282. The quantitative estimate of drug-likeness (QED) is 0.695. The smallest absolute Gasteiger partial charge is 0.185 e. The predicted molar refractivity (Wildman–Crippen MR) is 54.2 cm³/mol. The van der Waals surface area contributed by atoms with E-state index in [1.165, 1.54) is 6.26 Å². The van der Waals surface area contributed by atoms with Crippen molar-refractivity contribution in [2.24, 2.45) is 0 Å². The van der Waals surface area contributed by atoms with Gasteiger partial charge in [0.1, 0.15) is 0 Å². The molecule has 0 bridgehead atoms. The van der Waals surface area contributed by atoms with E-state index in [4.69, 9.17) is 9.68 Å². The lowest BCUT2D eigenvalue weighted by Crippen LogP contribution is -1.82. The number of benzene rings is 1. The van der Waals surface area contributed by atoms with Gasteiger partial charge in [0.2, 0.25) is 0 Å². The summed E-state index contributed by atoms with van der Waals surface area (Å²) in [6.07, 6.45) is 2.12. The SMILES string of the molecule is N#Cc1cccc(-c2ccoc2C=O)c1. The molecule has 0 saturated carbocycles. The molecule has 0 spiro atoms. The summed E-state index contributed by atoms with van der Waals surface area (Å²) in [4.78, 5) is 10.7. The molecule has 0 aliphatic carbocycles. The summed E-state index contributed by atoms with van der Waals surface area (Å²) in [7, 11) is 0.